The Bertz CT molecular complexity index is 575. The smallest absolute Gasteiger partial charge is 0.407 e. The molecule has 0 fully saturated rings. The first-order valence-electron chi connectivity index (χ1n) is 12.9. The zero-order valence-corrected chi connectivity index (χ0v) is 24.4. The minimum Gasteiger partial charge on any atom is -0.480 e. The molecule has 38 heavy (non-hydrogen) atoms. The lowest BCUT2D eigenvalue weighted by atomic mass is 10.2. The lowest BCUT2D eigenvalue weighted by molar-refractivity contribution is -0.148. The van der Waals surface area contributed by atoms with Crippen LogP contribution in [-0.2, 0) is 38.0 Å². The summed E-state index contributed by atoms with van der Waals surface area (Å²) in [5.41, 5.74) is -1.12. The highest BCUT2D eigenvalue weighted by atomic mass is 16.6. The van der Waals surface area contributed by atoms with Crippen molar-refractivity contribution < 1.29 is 52.6 Å². The van der Waals surface area contributed by atoms with Gasteiger partial charge in [0.25, 0.3) is 0 Å². The number of hydrogen-bond acceptors (Lipinski definition) is 10. The van der Waals surface area contributed by atoms with Crippen LogP contribution < -0.4 is 10.6 Å². The van der Waals surface area contributed by atoms with Crippen molar-refractivity contribution in [2.75, 3.05) is 72.6 Å². The summed E-state index contributed by atoms with van der Waals surface area (Å²) in [5.74, 6) is -1.10. The molecule has 0 aliphatic heterocycles. The Morgan fingerprint density at radius 2 is 1.03 bits per heavy atom. The number of carbonyl (C=O) groups excluding carboxylic acids is 2. The van der Waals surface area contributed by atoms with E-state index in [1.54, 1.807) is 41.5 Å². The first-order chi connectivity index (χ1) is 17.8. The molecule has 226 valence electrons. The average molecular weight is 555 g/mol. The Kier molecular flexibility index (Phi) is 22.7. The van der Waals surface area contributed by atoms with Crippen LogP contribution in [0, 0.1) is 0 Å². The Labute approximate surface area is 227 Å². The van der Waals surface area contributed by atoms with E-state index >= 15 is 0 Å². The van der Waals surface area contributed by atoms with E-state index in [1.807, 2.05) is 13.8 Å². The maximum Gasteiger partial charge on any atom is 0.407 e. The number of carbonyl (C=O) groups is 3. The van der Waals surface area contributed by atoms with Gasteiger partial charge in [-0.2, -0.15) is 0 Å². The molecule has 0 atom stereocenters. The van der Waals surface area contributed by atoms with E-state index in [4.69, 9.17) is 38.3 Å². The summed E-state index contributed by atoms with van der Waals surface area (Å²) in [6.45, 7) is 16.7. The molecule has 0 radical (unpaired) electrons. The van der Waals surface area contributed by atoms with Crippen molar-refractivity contribution in [1.82, 2.24) is 10.6 Å². The minimum absolute atomic E-state index is 0.119. The Morgan fingerprint density at radius 3 is 1.37 bits per heavy atom. The van der Waals surface area contributed by atoms with Crippen molar-refractivity contribution in [2.45, 2.75) is 72.7 Å². The molecule has 0 aromatic carbocycles. The highest BCUT2D eigenvalue weighted by Gasteiger charge is 2.16. The van der Waals surface area contributed by atoms with Crippen LogP contribution in [0.5, 0.6) is 0 Å². The van der Waals surface area contributed by atoms with Crippen LogP contribution in [-0.4, -0.2) is 113 Å². The van der Waals surface area contributed by atoms with Crippen LogP contribution in [0.15, 0.2) is 0 Å². The van der Waals surface area contributed by atoms with Crippen molar-refractivity contribution in [3.8, 4) is 0 Å². The van der Waals surface area contributed by atoms with Gasteiger partial charge < -0.3 is 48.9 Å². The molecule has 0 saturated heterocycles. The molecule has 0 saturated carbocycles. The Balaban J connectivity index is 0. The van der Waals surface area contributed by atoms with Crippen LogP contribution in [0.1, 0.15) is 55.4 Å². The van der Waals surface area contributed by atoms with Gasteiger partial charge in [-0.25, -0.2) is 14.4 Å². The fourth-order valence-electron chi connectivity index (χ4n) is 2.28. The van der Waals surface area contributed by atoms with Crippen LogP contribution in [0.2, 0.25) is 0 Å². The van der Waals surface area contributed by atoms with E-state index in [0.717, 1.165) is 0 Å². The van der Waals surface area contributed by atoms with Gasteiger partial charge in [0.05, 0.1) is 52.9 Å². The molecule has 13 nitrogen and oxygen atoms in total. The van der Waals surface area contributed by atoms with E-state index in [9.17, 15) is 14.4 Å². The highest BCUT2D eigenvalue weighted by molar-refractivity contribution is 5.68. The van der Waals surface area contributed by atoms with Crippen LogP contribution in [0.25, 0.3) is 0 Å². The molecule has 0 aromatic heterocycles. The molecule has 0 unspecified atom stereocenters. The fourth-order valence-corrected chi connectivity index (χ4v) is 2.28. The first-order valence-corrected chi connectivity index (χ1v) is 12.9. The molecular weight excluding hydrogens is 504 g/mol. The van der Waals surface area contributed by atoms with Crippen LogP contribution in [0.4, 0.5) is 9.59 Å². The van der Waals surface area contributed by atoms with Crippen molar-refractivity contribution in [3.05, 3.63) is 0 Å². The van der Waals surface area contributed by atoms with Crippen molar-refractivity contribution in [3.63, 3.8) is 0 Å². The molecule has 2 amide bonds. The van der Waals surface area contributed by atoms with Gasteiger partial charge in [-0.15, -0.1) is 0 Å². The summed E-state index contributed by atoms with van der Waals surface area (Å²) in [5, 5.41) is 14.0. The topological polar surface area (TPSA) is 160 Å². The maximum absolute atomic E-state index is 11.5. The van der Waals surface area contributed by atoms with Gasteiger partial charge in [0, 0.05) is 13.1 Å². The largest absolute Gasteiger partial charge is 0.480 e. The standard InChI is InChI=1S/C23H44N2O11.C2H6/c1-22(2,3)35-20(28)24-7-9-30-11-13-32-15-18(34-17-19(26)27)16-33-14-12-31-10-8-25-21(29)36-23(4,5)6;1-2/h18H,7-17H2,1-6H3,(H,24,28)(H,25,29)(H,26,27);1-2H3. The molecule has 13 heteroatoms. The van der Waals surface area contributed by atoms with E-state index in [-0.39, 0.29) is 52.9 Å². The lowest BCUT2D eigenvalue weighted by Gasteiger charge is -2.19. The second-order valence-corrected chi connectivity index (χ2v) is 9.56. The molecule has 0 bridgehead atoms. The molecule has 0 aliphatic carbocycles. The highest BCUT2D eigenvalue weighted by Crippen LogP contribution is 2.06. The summed E-state index contributed by atoms with van der Waals surface area (Å²) in [6.07, 6.45) is -1.60. The second kappa shape index (κ2) is 22.8. The number of ether oxygens (including phenoxy) is 7. The molecular formula is C25H50N2O11. The van der Waals surface area contributed by atoms with Gasteiger partial charge in [-0.1, -0.05) is 13.8 Å². The van der Waals surface area contributed by atoms with Gasteiger partial charge in [0.15, 0.2) is 0 Å². The molecule has 0 aliphatic rings. The molecule has 0 aromatic rings. The average Bonchev–Trinajstić information content (AvgIpc) is 2.79. The van der Waals surface area contributed by atoms with E-state index in [1.165, 1.54) is 0 Å². The number of carboxylic acid groups (broad SMARTS) is 1. The number of alkyl carbamates (subject to hydrolysis) is 2. The maximum atomic E-state index is 11.5. The van der Waals surface area contributed by atoms with Crippen molar-refractivity contribution in [2.24, 2.45) is 0 Å². The third-order valence-corrected chi connectivity index (χ3v) is 3.62. The normalized spacial score (nSPS) is 11.4. The van der Waals surface area contributed by atoms with Gasteiger partial charge in [-0.3, -0.25) is 0 Å². The number of hydrogen-bond donors (Lipinski definition) is 3. The third-order valence-electron chi connectivity index (χ3n) is 3.62. The predicted molar refractivity (Wildman–Crippen MR) is 140 cm³/mol. The summed E-state index contributed by atoms with van der Waals surface area (Å²) in [6, 6.07) is 0. The second-order valence-electron chi connectivity index (χ2n) is 9.56. The summed E-state index contributed by atoms with van der Waals surface area (Å²) >= 11 is 0. The monoisotopic (exact) mass is 554 g/mol. The summed E-state index contributed by atoms with van der Waals surface area (Å²) in [4.78, 5) is 33.8. The first kappa shape index (κ1) is 38.0. The van der Waals surface area contributed by atoms with Crippen LogP contribution in [0.3, 0.4) is 0 Å². The summed E-state index contributed by atoms with van der Waals surface area (Å²) in [7, 11) is 0. The number of nitrogens with one attached hydrogen (secondary N) is 2. The molecule has 3 N–H and O–H groups in total. The number of amides is 2. The van der Waals surface area contributed by atoms with Gasteiger partial charge >= 0.3 is 18.2 Å². The van der Waals surface area contributed by atoms with Crippen molar-refractivity contribution in [1.29, 1.82) is 0 Å². The SMILES string of the molecule is CC.CC(C)(C)OC(=O)NCCOCCOCC(COCCOCCNC(=O)OC(C)(C)C)OCC(=O)O. The quantitative estimate of drug-likeness (QED) is 0.201. The number of aliphatic carboxylic acids is 1. The minimum atomic E-state index is -1.10. The number of rotatable bonds is 19. The summed E-state index contributed by atoms with van der Waals surface area (Å²) < 4.78 is 37.2. The van der Waals surface area contributed by atoms with Gasteiger partial charge in [0.1, 0.15) is 23.9 Å². The predicted octanol–water partition coefficient (Wildman–Crippen LogP) is 2.60. The lowest BCUT2D eigenvalue weighted by Crippen LogP contribution is -2.34. The van der Waals surface area contributed by atoms with Gasteiger partial charge in [-0.05, 0) is 41.5 Å². The Morgan fingerprint density at radius 1 is 0.658 bits per heavy atom. The van der Waals surface area contributed by atoms with Crippen molar-refractivity contribution >= 4 is 18.2 Å². The van der Waals surface area contributed by atoms with E-state index < -0.39 is 42.1 Å². The molecule has 0 heterocycles. The van der Waals surface area contributed by atoms with E-state index in [0.29, 0.717) is 13.1 Å². The van der Waals surface area contributed by atoms with Crippen LogP contribution >= 0.6 is 0 Å². The molecule has 0 rings (SSSR count). The third kappa shape index (κ3) is 30.0. The molecule has 0 spiro atoms. The Hall–Kier alpha value is -2.19. The zero-order valence-electron chi connectivity index (χ0n) is 24.4. The van der Waals surface area contributed by atoms with Gasteiger partial charge in [0.2, 0.25) is 0 Å². The van der Waals surface area contributed by atoms with E-state index in [2.05, 4.69) is 10.6 Å². The fraction of sp³-hybridized carbons (Fsp3) is 0.880. The number of carboxylic acids is 1. The zero-order chi connectivity index (χ0) is 29.5.